The summed E-state index contributed by atoms with van der Waals surface area (Å²) in [5.74, 6) is -0.217. The predicted molar refractivity (Wildman–Crippen MR) is 100 cm³/mol. The van der Waals surface area contributed by atoms with Crippen molar-refractivity contribution in [1.82, 2.24) is 0 Å². The third-order valence-corrected chi connectivity index (χ3v) is 4.33. The van der Waals surface area contributed by atoms with Crippen molar-refractivity contribution in [2.75, 3.05) is 12.4 Å². The molecule has 2 aromatic rings. The number of carbonyl (C=O) groups is 2. The van der Waals surface area contributed by atoms with Gasteiger partial charge in [-0.15, -0.1) is 0 Å². The second-order valence-electron chi connectivity index (χ2n) is 5.35. The third-order valence-electron chi connectivity index (χ3n) is 3.47. The van der Waals surface area contributed by atoms with Crippen LogP contribution in [0.4, 0.5) is 5.69 Å². The van der Waals surface area contributed by atoms with Gasteiger partial charge in [-0.3, -0.25) is 4.79 Å². The van der Waals surface area contributed by atoms with Gasteiger partial charge in [0.1, 0.15) is 5.75 Å². The molecule has 0 aliphatic rings. The zero-order valence-electron chi connectivity index (χ0n) is 13.9. The van der Waals surface area contributed by atoms with Crippen LogP contribution in [0.2, 0.25) is 5.02 Å². The lowest BCUT2D eigenvalue weighted by molar-refractivity contribution is -0.122. The molecule has 1 N–H and O–H groups in total. The van der Waals surface area contributed by atoms with E-state index >= 15 is 0 Å². The van der Waals surface area contributed by atoms with E-state index in [1.54, 1.807) is 50.2 Å². The van der Waals surface area contributed by atoms with Crippen LogP contribution >= 0.6 is 27.5 Å². The van der Waals surface area contributed by atoms with Crippen molar-refractivity contribution in [2.24, 2.45) is 0 Å². The second-order valence-corrected chi connectivity index (χ2v) is 6.64. The molecule has 2 rings (SSSR count). The van der Waals surface area contributed by atoms with E-state index in [2.05, 4.69) is 26.0 Å². The van der Waals surface area contributed by atoms with Crippen molar-refractivity contribution in [2.45, 2.75) is 20.0 Å². The molecule has 0 radical (unpaired) electrons. The predicted octanol–water partition coefficient (Wildman–Crippen LogP) is 4.60. The maximum Gasteiger partial charge on any atom is 0.337 e. The lowest BCUT2D eigenvalue weighted by Crippen LogP contribution is -2.30. The van der Waals surface area contributed by atoms with Crippen molar-refractivity contribution in [3.05, 3.63) is 57.0 Å². The van der Waals surface area contributed by atoms with E-state index in [9.17, 15) is 9.59 Å². The maximum atomic E-state index is 12.4. The largest absolute Gasteiger partial charge is 0.480 e. The quantitative estimate of drug-likeness (QED) is 0.710. The van der Waals surface area contributed by atoms with Gasteiger partial charge in [-0.1, -0.05) is 11.6 Å². The highest BCUT2D eigenvalue weighted by Gasteiger charge is 2.17. The van der Waals surface area contributed by atoms with Crippen LogP contribution in [0.1, 0.15) is 22.8 Å². The van der Waals surface area contributed by atoms with Crippen LogP contribution in [0.5, 0.6) is 5.75 Å². The van der Waals surface area contributed by atoms with Gasteiger partial charge in [-0.2, -0.15) is 0 Å². The van der Waals surface area contributed by atoms with Gasteiger partial charge in [-0.25, -0.2) is 4.79 Å². The number of esters is 1. The Morgan fingerprint density at radius 1 is 1.20 bits per heavy atom. The third kappa shape index (κ3) is 4.96. The fraction of sp³-hybridized carbons (Fsp3) is 0.222. The van der Waals surface area contributed by atoms with Crippen LogP contribution in [0.25, 0.3) is 0 Å². The molecule has 25 heavy (non-hydrogen) atoms. The number of anilines is 1. The van der Waals surface area contributed by atoms with Gasteiger partial charge < -0.3 is 14.8 Å². The van der Waals surface area contributed by atoms with Gasteiger partial charge in [0.2, 0.25) is 0 Å². The summed E-state index contributed by atoms with van der Waals surface area (Å²) in [4.78, 5) is 23.9. The number of benzene rings is 2. The molecule has 5 nitrogen and oxygen atoms in total. The molecule has 132 valence electrons. The van der Waals surface area contributed by atoms with Crippen molar-refractivity contribution >= 4 is 45.1 Å². The molecule has 0 fully saturated rings. The summed E-state index contributed by atoms with van der Waals surface area (Å²) in [6, 6.07) is 9.97. The fourth-order valence-corrected chi connectivity index (χ4v) is 2.87. The average molecular weight is 427 g/mol. The van der Waals surface area contributed by atoms with Crippen LogP contribution in [0.3, 0.4) is 0 Å². The molecule has 0 aromatic heterocycles. The van der Waals surface area contributed by atoms with Crippen LogP contribution in [0, 0.1) is 6.92 Å². The monoisotopic (exact) mass is 425 g/mol. The Hall–Kier alpha value is -2.05. The molecule has 0 saturated carbocycles. The molecule has 1 amide bonds. The Kier molecular flexibility index (Phi) is 6.45. The van der Waals surface area contributed by atoms with Gasteiger partial charge in [0.15, 0.2) is 6.10 Å². The molecule has 0 heterocycles. The molecular formula is C18H17BrClNO4. The van der Waals surface area contributed by atoms with Gasteiger partial charge >= 0.3 is 5.97 Å². The van der Waals surface area contributed by atoms with Crippen LogP contribution in [-0.2, 0) is 9.53 Å². The summed E-state index contributed by atoms with van der Waals surface area (Å²) in [6.07, 6.45) is -0.725. The molecule has 2 aromatic carbocycles. The first-order valence-corrected chi connectivity index (χ1v) is 8.60. The smallest absolute Gasteiger partial charge is 0.337 e. The summed E-state index contributed by atoms with van der Waals surface area (Å²) in [5.41, 5.74) is 1.77. The first-order valence-electron chi connectivity index (χ1n) is 7.43. The van der Waals surface area contributed by atoms with E-state index in [1.165, 1.54) is 7.11 Å². The minimum atomic E-state index is -0.725. The Balaban J connectivity index is 2.07. The van der Waals surface area contributed by atoms with Crippen molar-refractivity contribution in [3.8, 4) is 5.75 Å². The van der Waals surface area contributed by atoms with E-state index < -0.39 is 12.1 Å². The highest BCUT2D eigenvalue weighted by atomic mass is 79.9. The normalized spacial score (nSPS) is 11.6. The number of hydrogen-bond donors (Lipinski definition) is 1. The van der Waals surface area contributed by atoms with Gasteiger partial charge in [0.05, 0.1) is 17.1 Å². The Morgan fingerprint density at radius 2 is 1.92 bits per heavy atom. The minimum Gasteiger partial charge on any atom is -0.480 e. The maximum absolute atomic E-state index is 12.4. The van der Waals surface area contributed by atoms with E-state index in [1.807, 2.05) is 0 Å². The van der Waals surface area contributed by atoms with Crippen molar-refractivity contribution < 1.29 is 19.1 Å². The molecule has 0 aliphatic heterocycles. The number of ether oxygens (including phenoxy) is 2. The molecule has 0 spiro atoms. The number of aryl methyl sites for hydroxylation is 1. The number of hydrogen-bond acceptors (Lipinski definition) is 4. The number of amides is 1. The van der Waals surface area contributed by atoms with Crippen LogP contribution in [0.15, 0.2) is 40.9 Å². The first kappa shape index (κ1) is 19.3. The van der Waals surface area contributed by atoms with E-state index in [0.29, 0.717) is 26.5 Å². The first-order chi connectivity index (χ1) is 11.8. The Morgan fingerprint density at radius 3 is 2.52 bits per heavy atom. The summed E-state index contributed by atoms with van der Waals surface area (Å²) in [6.45, 7) is 3.44. The van der Waals surface area contributed by atoms with Crippen LogP contribution in [-0.4, -0.2) is 25.1 Å². The van der Waals surface area contributed by atoms with E-state index in [4.69, 9.17) is 16.3 Å². The molecule has 0 bridgehead atoms. The zero-order valence-corrected chi connectivity index (χ0v) is 16.3. The highest BCUT2D eigenvalue weighted by Crippen LogP contribution is 2.29. The second kappa shape index (κ2) is 8.36. The zero-order chi connectivity index (χ0) is 18.6. The van der Waals surface area contributed by atoms with Crippen molar-refractivity contribution in [1.29, 1.82) is 0 Å². The number of rotatable bonds is 5. The molecular weight excluding hydrogens is 410 g/mol. The lowest BCUT2D eigenvalue weighted by atomic mass is 10.1. The Labute approximate surface area is 159 Å². The lowest BCUT2D eigenvalue weighted by Gasteiger charge is -2.17. The van der Waals surface area contributed by atoms with E-state index in [-0.39, 0.29) is 5.91 Å². The summed E-state index contributed by atoms with van der Waals surface area (Å²) in [7, 11) is 1.32. The van der Waals surface area contributed by atoms with E-state index in [0.717, 1.165) is 5.56 Å². The number of methoxy groups -OCH3 is 1. The summed E-state index contributed by atoms with van der Waals surface area (Å²) >= 11 is 9.24. The summed E-state index contributed by atoms with van der Waals surface area (Å²) in [5, 5.41) is 3.36. The number of nitrogens with one attached hydrogen (secondary N) is 1. The van der Waals surface area contributed by atoms with Gasteiger partial charge in [-0.05, 0) is 71.7 Å². The standard InChI is InChI=1S/C18H17BrClNO4/c1-10-8-12(18(23)24-3)4-6-15(10)21-17(22)11(2)25-16-7-5-13(20)9-14(16)19/h4-9,11H,1-3H3,(H,21,22). The SMILES string of the molecule is COC(=O)c1ccc(NC(=O)C(C)Oc2ccc(Cl)cc2Br)c(C)c1. The number of carbonyl (C=O) groups excluding carboxylic acids is 2. The fourth-order valence-electron chi connectivity index (χ4n) is 2.10. The molecule has 0 saturated heterocycles. The molecule has 7 heteroatoms. The average Bonchev–Trinajstić information content (AvgIpc) is 2.58. The Bertz CT molecular complexity index is 810. The molecule has 1 unspecified atom stereocenters. The highest BCUT2D eigenvalue weighted by molar-refractivity contribution is 9.10. The van der Waals surface area contributed by atoms with Gasteiger partial charge in [0, 0.05) is 10.7 Å². The minimum absolute atomic E-state index is 0.309. The van der Waals surface area contributed by atoms with Crippen LogP contribution < -0.4 is 10.1 Å². The van der Waals surface area contributed by atoms with Gasteiger partial charge in [0.25, 0.3) is 5.91 Å². The topological polar surface area (TPSA) is 64.6 Å². The summed E-state index contributed by atoms with van der Waals surface area (Å²) < 4.78 is 11.0. The molecule has 1 atom stereocenters. The molecule has 0 aliphatic carbocycles. The number of halogens is 2. The van der Waals surface area contributed by atoms with Crippen molar-refractivity contribution in [3.63, 3.8) is 0 Å².